The zero-order valence-corrected chi connectivity index (χ0v) is 21.4. The molecule has 37 heavy (non-hydrogen) atoms. The molecule has 0 spiro atoms. The Labute approximate surface area is 215 Å². The molecule has 0 bridgehead atoms. The normalized spacial score (nSPS) is 12.2. The third-order valence-corrected chi connectivity index (χ3v) is 7.91. The first-order valence-electron chi connectivity index (χ1n) is 11.5. The average Bonchev–Trinajstić information content (AvgIpc) is 3.49. The number of nitriles is 1. The minimum absolute atomic E-state index is 0.162. The second-order valence-electron chi connectivity index (χ2n) is 8.68. The monoisotopic (exact) mass is 508 g/mol. The Kier molecular flexibility index (Phi) is 6.21. The molecule has 0 amide bonds. The largest absolute Gasteiger partial charge is 0.327 e. The van der Waals surface area contributed by atoms with Gasteiger partial charge in [-0.25, -0.2) is 22.4 Å². The Morgan fingerprint density at radius 2 is 1.73 bits per heavy atom. The van der Waals surface area contributed by atoms with Crippen molar-refractivity contribution in [3.05, 3.63) is 96.4 Å². The summed E-state index contributed by atoms with van der Waals surface area (Å²) in [7, 11) is 1.23. The highest BCUT2D eigenvalue weighted by atomic mass is 32.2. The molecule has 184 valence electrons. The molecular formula is C28H24N6O2S. The topological polar surface area (TPSA) is 96.8 Å². The Morgan fingerprint density at radius 1 is 1.00 bits per heavy atom. The van der Waals surface area contributed by atoms with E-state index in [1.807, 2.05) is 78.5 Å². The highest BCUT2D eigenvalue weighted by Gasteiger charge is 2.20. The van der Waals surface area contributed by atoms with Crippen molar-refractivity contribution in [2.24, 2.45) is 7.05 Å². The van der Waals surface area contributed by atoms with Crippen molar-refractivity contribution >= 4 is 32.7 Å². The first-order valence-corrected chi connectivity index (χ1v) is 13.0. The molecule has 0 radical (unpaired) electrons. The van der Waals surface area contributed by atoms with Crippen LogP contribution in [0.3, 0.4) is 0 Å². The summed E-state index contributed by atoms with van der Waals surface area (Å²) in [4.78, 5) is 4.84. The van der Waals surface area contributed by atoms with Gasteiger partial charge in [-0.1, -0.05) is 42.5 Å². The van der Waals surface area contributed by atoms with Gasteiger partial charge in [-0.3, -0.25) is 0 Å². The van der Waals surface area contributed by atoms with Crippen LogP contribution in [-0.2, 0) is 17.1 Å². The summed E-state index contributed by atoms with van der Waals surface area (Å²) in [5.41, 5.74) is 4.74. The second-order valence-corrected chi connectivity index (χ2v) is 10.8. The number of rotatable bonds is 6. The summed E-state index contributed by atoms with van der Waals surface area (Å²) in [6.07, 6.45) is 3.58. The van der Waals surface area contributed by atoms with E-state index in [0.717, 1.165) is 16.7 Å². The molecule has 0 N–H and O–H groups in total. The van der Waals surface area contributed by atoms with Crippen LogP contribution in [0, 0.1) is 11.3 Å². The molecular weight excluding hydrogens is 484 g/mol. The Morgan fingerprint density at radius 3 is 2.43 bits per heavy atom. The highest BCUT2D eigenvalue weighted by molar-refractivity contribution is 7.89. The summed E-state index contributed by atoms with van der Waals surface area (Å²) >= 11 is 0. The van der Waals surface area contributed by atoms with Crippen molar-refractivity contribution < 1.29 is 8.42 Å². The number of nitrogens with zero attached hydrogens (tertiary/aromatic N) is 6. The number of aromatic nitrogens is 4. The van der Waals surface area contributed by atoms with Crippen LogP contribution in [0.4, 0.5) is 0 Å². The summed E-state index contributed by atoms with van der Waals surface area (Å²) in [6.45, 7) is 0. The molecule has 5 aromatic rings. The van der Waals surface area contributed by atoms with E-state index in [0.29, 0.717) is 28.2 Å². The van der Waals surface area contributed by atoms with Gasteiger partial charge in [-0.15, -0.1) is 0 Å². The zero-order chi connectivity index (χ0) is 26.2. The van der Waals surface area contributed by atoms with E-state index in [2.05, 4.69) is 11.1 Å². The number of para-hydroxylation sites is 3. The molecule has 0 fully saturated rings. The van der Waals surface area contributed by atoms with E-state index in [-0.39, 0.29) is 4.90 Å². The molecule has 5 rings (SSSR count). The first-order chi connectivity index (χ1) is 17.8. The Balaban J connectivity index is 1.71. The SMILES string of the molecule is CN(C)S(=O)(=O)c1cccc(-c2nn(-c3ccccc3)cc2/C=C(\C#N)c2nc3ccccc3n2C)c1. The lowest BCUT2D eigenvalue weighted by Crippen LogP contribution is -2.22. The number of hydrogen-bond donors (Lipinski definition) is 0. The van der Waals surface area contributed by atoms with Gasteiger partial charge >= 0.3 is 0 Å². The molecule has 0 saturated carbocycles. The molecule has 0 atom stereocenters. The van der Waals surface area contributed by atoms with E-state index in [4.69, 9.17) is 5.10 Å². The minimum Gasteiger partial charge on any atom is -0.327 e. The summed E-state index contributed by atoms with van der Waals surface area (Å²) < 4.78 is 30.4. The number of imidazole rings is 1. The summed E-state index contributed by atoms with van der Waals surface area (Å²) in [5, 5.41) is 14.9. The van der Waals surface area contributed by atoms with Crippen molar-refractivity contribution in [3.8, 4) is 23.0 Å². The molecule has 3 aromatic carbocycles. The maximum Gasteiger partial charge on any atom is 0.242 e. The standard InChI is InChI=1S/C28H24N6O2S/c1-32(2)37(35,36)24-13-9-10-20(17-24)27-22(19-34(31-27)23-11-5-4-6-12-23)16-21(18-29)28-30-25-14-7-8-15-26(25)33(28)3/h4-17,19H,1-3H3/b21-16+. The Bertz CT molecular complexity index is 1790. The molecule has 9 heteroatoms. The zero-order valence-electron chi connectivity index (χ0n) is 20.6. The molecule has 0 aliphatic heterocycles. The van der Waals surface area contributed by atoms with E-state index in [9.17, 15) is 13.7 Å². The summed E-state index contributed by atoms with van der Waals surface area (Å²) in [6, 6.07) is 26.2. The maximum absolute atomic E-state index is 12.8. The fourth-order valence-corrected chi connectivity index (χ4v) is 5.08. The smallest absolute Gasteiger partial charge is 0.242 e. The van der Waals surface area contributed by atoms with Gasteiger partial charge in [0.05, 0.1) is 27.2 Å². The lowest BCUT2D eigenvalue weighted by atomic mass is 10.1. The number of allylic oxidation sites excluding steroid dienone is 1. The first kappa shape index (κ1) is 24.2. The van der Waals surface area contributed by atoms with Crippen molar-refractivity contribution in [2.45, 2.75) is 4.90 Å². The fourth-order valence-electron chi connectivity index (χ4n) is 4.13. The highest BCUT2D eigenvalue weighted by Crippen LogP contribution is 2.30. The van der Waals surface area contributed by atoms with Crippen LogP contribution in [0.25, 0.3) is 39.6 Å². The van der Waals surface area contributed by atoms with Crippen LogP contribution in [0.15, 0.2) is 90.0 Å². The molecule has 0 saturated heterocycles. The van der Waals surface area contributed by atoms with E-state index >= 15 is 0 Å². The van der Waals surface area contributed by atoms with Gasteiger partial charge in [-0.2, -0.15) is 10.4 Å². The van der Waals surface area contributed by atoms with Gasteiger partial charge in [0, 0.05) is 38.5 Å². The van der Waals surface area contributed by atoms with E-state index in [1.165, 1.54) is 18.4 Å². The van der Waals surface area contributed by atoms with Crippen LogP contribution in [0.5, 0.6) is 0 Å². The number of sulfonamides is 1. The number of benzene rings is 3. The molecule has 8 nitrogen and oxygen atoms in total. The number of aryl methyl sites for hydroxylation is 1. The second kappa shape index (κ2) is 9.50. The third-order valence-electron chi connectivity index (χ3n) is 6.10. The van der Waals surface area contributed by atoms with Gasteiger partial charge in [-0.05, 0) is 42.5 Å². The van der Waals surface area contributed by atoms with Gasteiger partial charge in [0.1, 0.15) is 11.8 Å². The predicted octanol–water partition coefficient (Wildman–Crippen LogP) is 4.74. The van der Waals surface area contributed by atoms with Crippen LogP contribution in [0.2, 0.25) is 0 Å². The molecule has 0 unspecified atom stereocenters. The quantitative estimate of drug-likeness (QED) is 0.309. The van der Waals surface area contributed by atoms with Crippen LogP contribution < -0.4 is 0 Å². The fraction of sp³-hybridized carbons (Fsp3) is 0.107. The molecule has 2 aromatic heterocycles. The minimum atomic E-state index is -3.64. The third kappa shape index (κ3) is 4.44. The van der Waals surface area contributed by atoms with Crippen LogP contribution >= 0.6 is 0 Å². The predicted molar refractivity (Wildman–Crippen MR) is 144 cm³/mol. The van der Waals surface area contributed by atoms with Crippen molar-refractivity contribution in [2.75, 3.05) is 14.1 Å². The van der Waals surface area contributed by atoms with Gasteiger partial charge in [0.2, 0.25) is 10.0 Å². The molecule has 2 heterocycles. The average molecular weight is 509 g/mol. The van der Waals surface area contributed by atoms with E-state index in [1.54, 1.807) is 29.0 Å². The lowest BCUT2D eigenvalue weighted by molar-refractivity contribution is 0.521. The lowest BCUT2D eigenvalue weighted by Gasteiger charge is -2.12. The van der Waals surface area contributed by atoms with Gasteiger partial charge in [0.25, 0.3) is 0 Å². The number of fused-ring (bicyclic) bond motifs is 1. The van der Waals surface area contributed by atoms with Crippen molar-refractivity contribution in [1.82, 2.24) is 23.6 Å². The van der Waals surface area contributed by atoms with Crippen molar-refractivity contribution in [3.63, 3.8) is 0 Å². The van der Waals surface area contributed by atoms with Crippen LogP contribution in [0.1, 0.15) is 11.4 Å². The number of hydrogen-bond acceptors (Lipinski definition) is 5. The van der Waals surface area contributed by atoms with Gasteiger partial charge in [0.15, 0.2) is 5.82 Å². The van der Waals surface area contributed by atoms with Crippen molar-refractivity contribution in [1.29, 1.82) is 5.26 Å². The van der Waals surface area contributed by atoms with Gasteiger partial charge < -0.3 is 4.57 Å². The molecule has 0 aliphatic carbocycles. The molecule has 0 aliphatic rings. The van der Waals surface area contributed by atoms with Crippen LogP contribution in [-0.4, -0.2) is 46.1 Å². The summed E-state index contributed by atoms with van der Waals surface area (Å²) in [5.74, 6) is 0.533. The maximum atomic E-state index is 12.8. The Hall–Kier alpha value is -4.52. The van der Waals surface area contributed by atoms with E-state index < -0.39 is 10.0 Å².